The normalized spacial score (nSPS) is 23.1. The van der Waals surface area contributed by atoms with E-state index < -0.39 is 0 Å². The first-order chi connectivity index (χ1) is 14.1. The van der Waals surface area contributed by atoms with Crippen molar-refractivity contribution in [3.8, 4) is 0 Å². The van der Waals surface area contributed by atoms with Crippen LogP contribution in [0.3, 0.4) is 0 Å². The van der Waals surface area contributed by atoms with Gasteiger partial charge in [-0.05, 0) is 50.8 Å². The van der Waals surface area contributed by atoms with Gasteiger partial charge in [-0.3, -0.25) is 4.98 Å². The Kier molecular flexibility index (Phi) is 6.31. The van der Waals surface area contributed by atoms with Crippen LogP contribution in [0.4, 0.5) is 4.79 Å². The topological polar surface area (TPSA) is 63.7 Å². The summed E-state index contributed by atoms with van der Waals surface area (Å²) in [5.74, 6) is 0.449. The number of pyridine rings is 1. The number of para-hydroxylation sites is 1. The molecule has 2 saturated heterocycles. The second kappa shape index (κ2) is 9.09. The second-order valence-electron chi connectivity index (χ2n) is 8.46. The van der Waals surface area contributed by atoms with E-state index >= 15 is 0 Å². The standard InChI is InChI=1S/C23H31N3O3/c1-16(2)29-23(27)26-11-8-19(9-12-26)25-22-15-28-14-18(22)13-17-7-10-24-21-6-4-3-5-20(17)21/h3-7,10,16,18-19,22,25H,8-9,11-15H2,1-2H3/t18-,22+/m1/s1. The molecule has 0 saturated carbocycles. The van der Waals surface area contributed by atoms with Crippen LogP contribution in [0.15, 0.2) is 36.5 Å². The Bertz CT molecular complexity index is 828. The number of ether oxygens (including phenoxy) is 2. The monoisotopic (exact) mass is 397 g/mol. The number of rotatable bonds is 5. The van der Waals surface area contributed by atoms with E-state index in [9.17, 15) is 4.79 Å². The summed E-state index contributed by atoms with van der Waals surface area (Å²) in [5.41, 5.74) is 2.39. The van der Waals surface area contributed by atoms with Crippen LogP contribution < -0.4 is 5.32 Å². The first kappa shape index (κ1) is 20.1. The molecular weight excluding hydrogens is 366 g/mol. The number of aromatic nitrogens is 1. The van der Waals surface area contributed by atoms with Gasteiger partial charge in [-0.1, -0.05) is 18.2 Å². The molecule has 0 radical (unpaired) electrons. The van der Waals surface area contributed by atoms with E-state index in [0.717, 1.165) is 51.1 Å². The minimum Gasteiger partial charge on any atom is -0.447 e. The van der Waals surface area contributed by atoms with E-state index in [4.69, 9.17) is 9.47 Å². The highest BCUT2D eigenvalue weighted by Crippen LogP contribution is 2.25. The molecule has 0 aliphatic carbocycles. The van der Waals surface area contributed by atoms with Crippen molar-refractivity contribution in [2.75, 3.05) is 26.3 Å². The molecule has 1 amide bonds. The molecule has 29 heavy (non-hydrogen) atoms. The van der Waals surface area contributed by atoms with Gasteiger partial charge < -0.3 is 19.7 Å². The lowest BCUT2D eigenvalue weighted by atomic mass is 9.92. The van der Waals surface area contributed by atoms with Crippen LogP contribution >= 0.6 is 0 Å². The lowest BCUT2D eigenvalue weighted by molar-refractivity contribution is 0.0668. The molecule has 6 nitrogen and oxygen atoms in total. The van der Waals surface area contributed by atoms with Crippen LogP contribution in [0.5, 0.6) is 0 Å². The summed E-state index contributed by atoms with van der Waals surface area (Å²) in [6.45, 7) is 6.81. The number of amides is 1. The van der Waals surface area contributed by atoms with Crippen molar-refractivity contribution in [1.29, 1.82) is 0 Å². The van der Waals surface area contributed by atoms with Gasteiger partial charge in [0.15, 0.2) is 0 Å². The Hall–Kier alpha value is -2.18. The maximum Gasteiger partial charge on any atom is 0.410 e. The van der Waals surface area contributed by atoms with E-state index in [-0.39, 0.29) is 12.2 Å². The molecule has 1 aromatic heterocycles. The maximum atomic E-state index is 12.1. The molecule has 0 unspecified atom stereocenters. The fraction of sp³-hybridized carbons (Fsp3) is 0.565. The predicted molar refractivity (Wildman–Crippen MR) is 113 cm³/mol. The first-order valence-electron chi connectivity index (χ1n) is 10.7. The number of nitrogens with one attached hydrogen (secondary N) is 1. The number of carbonyl (C=O) groups excluding carboxylic acids is 1. The van der Waals surface area contributed by atoms with E-state index in [0.29, 0.717) is 18.0 Å². The Morgan fingerprint density at radius 2 is 2.03 bits per heavy atom. The zero-order chi connectivity index (χ0) is 20.2. The van der Waals surface area contributed by atoms with Crippen molar-refractivity contribution in [2.45, 2.75) is 51.3 Å². The molecule has 3 heterocycles. The first-order valence-corrected chi connectivity index (χ1v) is 10.7. The molecule has 0 bridgehead atoms. The highest BCUT2D eigenvalue weighted by atomic mass is 16.6. The van der Waals surface area contributed by atoms with E-state index in [2.05, 4.69) is 34.6 Å². The number of hydrogen-bond acceptors (Lipinski definition) is 5. The summed E-state index contributed by atoms with van der Waals surface area (Å²) in [7, 11) is 0. The quantitative estimate of drug-likeness (QED) is 0.838. The van der Waals surface area contributed by atoms with Crippen molar-refractivity contribution in [3.05, 3.63) is 42.1 Å². The van der Waals surface area contributed by atoms with Crippen LogP contribution in [0, 0.1) is 5.92 Å². The third-order valence-electron chi connectivity index (χ3n) is 5.96. The van der Waals surface area contributed by atoms with E-state index in [1.165, 1.54) is 10.9 Å². The lowest BCUT2D eigenvalue weighted by Gasteiger charge is -2.34. The van der Waals surface area contributed by atoms with Gasteiger partial charge >= 0.3 is 6.09 Å². The average molecular weight is 398 g/mol. The zero-order valence-corrected chi connectivity index (χ0v) is 17.3. The second-order valence-corrected chi connectivity index (χ2v) is 8.46. The van der Waals surface area contributed by atoms with Gasteiger partial charge in [-0.15, -0.1) is 0 Å². The number of fused-ring (bicyclic) bond motifs is 1. The molecule has 1 N–H and O–H groups in total. The van der Waals surface area contributed by atoms with E-state index in [1.807, 2.05) is 31.0 Å². The van der Waals surface area contributed by atoms with Crippen molar-refractivity contribution in [3.63, 3.8) is 0 Å². The number of piperidine rings is 1. The third kappa shape index (κ3) is 4.87. The Balaban J connectivity index is 1.33. The molecule has 1 aromatic carbocycles. The van der Waals surface area contributed by atoms with Gasteiger partial charge in [-0.25, -0.2) is 4.79 Å². The Labute approximate surface area is 172 Å². The molecule has 4 rings (SSSR count). The zero-order valence-electron chi connectivity index (χ0n) is 17.3. The van der Waals surface area contributed by atoms with Crippen molar-refractivity contribution >= 4 is 17.0 Å². The van der Waals surface area contributed by atoms with Crippen LogP contribution in [-0.4, -0.2) is 60.5 Å². The summed E-state index contributed by atoms with van der Waals surface area (Å²) in [4.78, 5) is 18.4. The maximum absolute atomic E-state index is 12.1. The molecular formula is C23H31N3O3. The molecule has 2 atom stereocenters. The minimum atomic E-state index is -0.190. The SMILES string of the molecule is CC(C)OC(=O)N1CCC(N[C@H]2COC[C@H]2Cc2ccnc3ccccc23)CC1. The van der Waals surface area contributed by atoms with Crippen molar-refractivity contribution < 1.29 is 14.3 Å². The van der Waals surface area contributed by atoms with Gasteiger partial charge in [-0.2, -0.15) is 0 Å². The van der Waals surface area contributed by atoms with Crippen LogP contribution in [0.2, 0.25) is 0 Å². The van der Waals surface area contributed by atoms with Gasteiger partial charge in [0.05, 0.1) is 24.8 Å². The molecule has 0 spiro atoms. The summed E-state index contributed by atoms with van der Waals surface area (Å²) >= 11 is 0. The Morgan fingerprint density at radius 3 is 2.83 bits per heavy atom. The number of carbonyl (C=O) groups is 1. The summed E-state index contributed by atoms with van der Waals surface area (Å²) < 4.78 is 11.2. The fourth-order valence-corrected chi connectivity index (χ4v) is 4.41. The summed E-state index contributed by atoms with van der Waals surface area (Å²) in [6, 6.07) is 11.2. The van der Waals surface area contributed by atoms with Gasteiger partial charge in [0.1, 0.15) is 0 Å². The number of nitrogens with zero attached hydrogens (tertiary/aromatic N) is 2. The number of likely N-dealkylation sites (tertiary alicyclic amines) is 1. The molecule has 6 heteroatoms. The largest absolute Gasteiger partial charge is 0.447 e. The fourth-order valence-electron chi connectivity index (χ4n) is 4.41. The molecule has 156 valence electrons. The van der Waals surface area contributed by atoms with Crippen molar-refractivity contribution in [1.82, 2.24) is 15.2 Å². The average Bonchev–Trinajstić information content (AvgIpc) is 3.15. The minimum absolute atomic E-state index is 0.0704. The smallest absolute Gasteiger partial charge is 0.410 e. The summed E-state index contributed by atoms with van der Waals surface area (Å²) in [6.07, 6.45) is 4.54. The van der Waals surface area contributed by atoms with Gasteiger partial charge in [0.25, 0.3) is 0 Å². The van der Waals surface area contributed by atoms with Gasteiger partial charge in [0, 0.05) is 42.7 Å². The Morgan fingerprint density at radius 1 is 1.24 bits per heavy atom. The number of hydrogen-bond donors (Lipinski definition) is 1. The van der Waals surface area contributed by atoms with Crippen molar-refractivity contribution in [2.24, 2.45) is 5.92 Å². The molecule has 2 aliphatic rings. The molecule has 2 aromatic rings. The lowest BCUT2D eigenvalue weighted by Crippen LogP contribution is -2.50. The van der Waals surface area contributed by atoms with Crippen LogP contribution in [-0.2, 0) is 15.9 Å². The number of benzene rings is 1. The third-order valence-corrected chi connectivity index (χ3v) is 5.96. The van der Waals surface area contributed by atoms with Crippen LogP contribution in [0.25, 0.3) is 10.9 Å². The molecule has 2 aliphatic heterocycles. The van der Waals surface area contributed by atoms with Gasteiger partial charge in [0.2, 0.25) is 0 Å². The van der Waals surface area contributed by atoms with Crippen LogP contribution in [0.1, 0.15) is 32.3 Å². The predicted octanol–water partition coefficient (Wildman–Crippen LogP) is 3.39. The molecule has 2 fully saturated rings. The highest BCUT2D eigenvalue weighted by molar-refractivity contribution is 5.81. The summed E-state index contributed by atoms with van der Waals surface area (Å²) in [5, 5.41) is 5.05. The van der Waals surface area contributed by atoms with E-state index in [1.54, 1.807) is 0 Å². The highest BCUT2D eigenvalue weighted by Gasteiger charge is 2.32.